The summed E-state index contributed by atoms with van der Waals surface area (Å²) in [6.45, 7) is 1.66. The number of benzene rings is 2. The number of aromatic hydroxyl groups is 1. The van der Waals surface area contributed by atoms with E-state index in [0.29, 0.717) is 40.6 Å². The van der Waals surface area contributed by atoms with Gasteiger partial charge in [-0.05, 0) is 69.0 Å². The second-order valence-electron chi connectivity index (χ2n) is 13.8. The SMILES string of the molecule is COc1ccc(-c2nn([C@@H]3C[C@H]4C(=O)N[C@@]5(C(=O)O)C[C@@H]5/C=C\CCCCC[C@@H](NC(=O)c5cccc(O)c5C)C(=O)N4C3)nc2-c2nccs2)cc1. The minimum Gasteiger partial charge on any atom is -0.508 e. The normalized spacial score (nSPS) is 25.3. The highest BCUT2D eigenvalue weighted by atomic mass is 32.1. The number of rotatable bonds is 7. The molecule has 276 valence electrons. The van der Waals surface area contributed by atoms with Gasteiger partial charge in [-0.15, -0.1) is 16.4 Å². The van der Waals surface area contributed by atoms with Crippen LogP contribution >= 0.6 is 11.3 Å². The van der Waals surface area contributed by atoms with Crippen LogP contribution in [0.1, 0.15) is 66.9 Å². The van der Waals surface area contributed by atoms with Crippen LogP contribution in [-0.4, -0.2) is 90.1 Å². The van der Waals surface area contributed by atoms with E-state index in [1.807, 2.05) is 41.8 Å². The molecule has 4 aromatic rings. The largest absolute Gasteiger partial charge is 0.508 e. The maximum absolute atomic E-state index is 14.6. The average Bonchev–Trinajstić information content (AvgIpc) is 3.61. The molecule has 14 nitrogen and oxygen atoms in total. The third-order valence-electron chi connectivity index (χ3n) is 10.4. The van der Waals surface area contributed by atoms with Gasteiger partial charge in [0.1, 0.15) is 45.5 Å². The van der Waals surface area contributed by atoms with Crippen molar-refractivity contribution in [1.82, 2.24) is 35.5 Å². The van der Waals surface area contributed by atoms with E-state index in [1.54, 1.807) is 32.4 Å². The van der Waals surface area contributed by atoms with E-state index in [1.165, 1.54) is 27.1 Å². The Kier molecular flexibility index (Phi) is 10.0. The van der Waals surface area contributed by atoms with Gasteiger partial charge in [-0.3, -0.25) is 14.4 Å². The molecule has 53 heavy (non-hydrogen) atoms. The Balaban J connectivity index is 1.25. The summed E-state index contributed by atoms with van der Waals surface area (Å²) < 4.78 is 5.34. The highest BCUT2D eigenvalue weighted by molar-refractivity contribution is 7.13. The number of carboxylic acid groups (broad SMARTS) is 1. The number of phenolic OH excluding ortho intramolecular Hbond substituents is 1. The maximum atomic E-state index is 14.6. The van der Waals surface area contributed by atoms with Crippen LogP contribution in [0.2, 0.25) is 0 Å². The number of amides is 3. The zero-order valence-electron chi connectivity index (χ0n) is 29.4. The molecule has 4 heterocycles. The first kappa shape index (κ1) is 35.8. The molecule has 2 fully saturated rings. The lowest BCUT2D eigenvalue weighted by molar-refractivity contribution is -0.145. The molecule has 2 aliphatic heterocycles. The summed E-state index contributed by atoms with van der Waals surface area (Å²) in [4.78, 5) is 62.4. The van der Waals surface area contributed by atoms with Gasteiger partial charge in [0.15, 0.2) is 0 Å². The number of carbonyl (C=O) groups is 4. The molecule has 3 aliphatic rings. The summed E-state index contributed by atoms with van der Waals surface area (Å²) in [5.74, 6) is -2.44. The summed E-state index contributed by atoms with van der Waals surface area (Å²) in [6, 6.07) is 9.38. The van der Waals surface area contributed by atoms with Crippen molar-refractivity contribution in [3.63, 3.8) is 0 Å². The highest BCUT2D eigenvalue weighted by Crippen LogP contribution is 2.46. The molecule has 0 spiro atoms. The summed E-state index contributed by atoms with van der Waals surface area (Å²) in [7, 11) is 1.59. The Hall–Kier alpha value is -5.57. The zero-order chi connectivity index (χ0) is 37.3. The van der Waals surface area contributed by atoms with Crippen molar-refractivity contribution in [1.29, 1.82) is 0 Å². The molecule has 5 atom stereocenters. The van der Waals surface area contributed by atoms with E-state index in [0.717, 1.165) is 24.8 Å². The number of methoxy groups -OCH3 is 1. The Morgan fingerprint density at radius 2 is 1.87 bits per heavy atom. The van der Waals surface area contributed by atoms with E-state index < -0.39 is 47.4 Å². The number of carbonyl (C=O) groups excluding carboxylic acids is 3. The van der Waals surface area contributed by atoms with E-state index in [2.05, 4.69) is 15.6 Å². The number of fused-ring (bicyclic) bond motifs is 2. The number of phenols is 1. The molecule has 1 saturated heterocycles. The monoisotopic (exact) mass is 739 g/mol. The lowest BCUT2D eigenvalue weighted by Crippen LogP contribution is -2.56. The van der Waals surface area contributed by atoms with Gasteiger partial charge < -0.3 is 30.5 Å². The molecule has 15 heteroatoms. The van der Waals surface area contributed by atoms with Crippen LogP contribution < -0.4 is 15.4 Å². The molecule has 4 N–H and O–H groups in total. The van der Waals surface area contributed by atoms with Crippen molar-refractivity contribution >= 4 is 35.0 Å². The number of hydrogen-bond acceptors (Lipinski definition) is 10. The quantitative estimate of drug-likeness (QED) is 0.196. The van der Waals surface area contributed by atoms with Crippen molar-refractivity contribution in [2.24, 2.45) is 5.92 Å². The fraction of sp³-hybridized carbons (Fsp3) is 0.395. The Bertz CT molecular complexity index is 2050. The predicted molar refractivity (Wildman–Crippen MR) is 195 cm³/mol. The average molecular weight is 740 g/mol. The van der Waals surface area contributed by atoms with Gasteiger partial charge in [-0.25, -0.2) is 9.78 Å². The highest BCUT2D eigenvalue weighted by Gasteiger charge is 2.61. The number of hydrogen-bond donors (Lipinski definition) is 4. The minimum atomic E-state index is -1.47. The van der Waals surface area contributed by atoms with Crippen molar-refractivity contribution in [3.8, 4) is 33.5 Å². The van der Waals surface area contributed by atoms with Crippen LogP contribution in [0.5, 0.6) is 11.5 Å². The number of ether oxygens (including phenoxy) is 1. The fourth-order valence-corrected chi connectivity index (χ4v) is 7.89. The van der Waals surface area contributed by atoms with Crippen LogP contribution in [0.3, 0.4) is 0 Å². The summed E-state index contributed by atoms with van der Waals surface area (Å²) in [5, 5.41) is 38.5. The zero-order valence-corrected chi connectivity index (χ0v) is 30.2. The third-order valence-corrected chi connectivity index (χ3v) is 11.2. The number of nitrogens with zero attached hydrogens (tertiary/aromatic N) is 5. The smallest absolute Gasteiger partial charge is 0.330 e. The maximum Gasteiger partial charge on any atom is 0.330 e. The minimum absolute atomic E-state index is 0.0336. The molecule has 0 radical (unpaired) electrons. The van der Waals surface area contributed by atoms with Gasteiger partial charge in [0.05, 0.1) is 13.2 Å². The molecule has 0 bridgehead atoms. The molecule has 1 saturated carbocycles. The van der Waals surface area contributed by atoms with E-state index in [9.17, 15) is 29.4 Å². The van der Waals surface area contributed by atoms with Crippen LogP contribution in [0.15, 0.2) is 66.2 Å². The lowest BCUT2D eigenvalue weighted by Gasteiger charge is -2.29. The first-order chi connectivity index (χ1) is 25.6. The van der Waals surface area contributed by atoms with Gasteiger partial charge >= 0.3 is 5.97 Å². The number of carboxylic acids is 1. The molecular formula is C38H41N7O7S. The van der Waals surface area contributed by atoms with Gasteiger partial charge in [0.25, 0.3) is 5.91 Å². The van der Waals surface area contributed by atoms with Gasteiger partial charge in [0, 0.05) is 47.2 Å². The predicted octanol–water partition coefficient (Wildman–Crippen LogP) is 4.51. The lowest BCUT2D eigenvalue weighted by atomic mass is 10.0. The van der Waals surface area contributed by atoms with Crippen LogP contribution in [0.25, 0.3) is 22.0 Å². The summed E-state index contributed by atoms with van der Waals surface area (Å²) in [5.41, 5.74) is 1.01. The van der Waals surface area contributed by atoms with Crippen molar-refractivity contribution in [2.45, 2.75) is 75.5 Å². The molecule has 1 aliphatic carbocycles. The number of aromatic nitrogens is 4. The van der Waals surface area contributed by atoms with Crippen molar-refractivity contribution < 1.29 is 34.1 Å². The summed E-state index contributed by atoms with van der Waals surface area (Å²) in [6.07, 6.45) is 9.11. The molecular weight excluding hydrogens is 699 g/mol. The second kappa shape index (κ2) is 14.8. The third kappa shape index (κ3) is 7.12. The van der Waals surface area contributed by atoms with Crippen LogP contribution in [0.4, 0.5) is 0 Å². The van der Waals surface area contributed by atoms with Gasteiger partial charge in [-0.2, -0.15) is 9.90 Å². The number of aliphatic carboxylic acids is 1. The van der Waals surface area contributed by atoms with Crippen LogP contribution in [0, 0.1) is 12.8 Å². The number of nitrogens with one attached hydrogen (secondary N) is 2. The standard InChI is InChI=1S/C38H41N7O7S/c1-22-27(10-8-12-30(22)46)33(47)40-28-11-7-5-3-4-6-9-24-20-38(24,37(50)51)41-34(48)29-19-25(21-44(29)36(28)49)45-42-31(23-13-15-26(52-2)16-14-23)32(43-45)35-39-17-18-53-35/h6,8-10,12-18,24-25,28-29,46H,3-5,7,11,19-21H2,1-2H3,(H,40,47)(H,41,48)(H,50,51)/b9-6-/t24-,25+,28+,29-,38-/m0/s1. The van der Waals surface area contributed by atoms with Crippen molar-refractivity contribution in [3.05, 3.63) is 77.3 Å². The second-order valence-corrected chi connectivity index (χ2v) is 14.7. The molecule has 0 unspecified atom stereocenters. The van der Waals surface area contributed by atoms with E-state index in [4.69, 9.17) is 14.9 Å². The summed E-state index contributed by atoms with van der Waals surface area (Å²) >= 11 is 1.40. The van der Waals surface area contributed by atoms with E-state index in [-0.39, 0.29) is 36.6 Å². The van der Waals surface area contributed by atoms with Gasteiger partial charge in [-0.1, -0.05) is 31.1 Å². The Morgan fingerprint density at radius 1 is 1.08 bits per heavy atom. The fourth-order valence-electron chi connectivity index (χ4n) is 7.26. The number of allylic oxidation sites excluding steroid dienone is 1. The van der Waals surface area contributed by atoms with Crippen LogP contribution in [-0.2, 0) is 14.4 Å². The molecule has 2 aromatic heterocycles. The van der Waals surface area contributed by atoms with Crippen molar-refractivity contribution in [2.75, 3.05) is 13.7 Å². The molecule has 2 aromatic carbocycles. The van der Waals surface area contributed by atoms with Gasteiger partial charge in [0.2, 0.25) is 11.8 Å². The topological polar surface area (TPSA) is 189 Å². The Morgan fingerprint density at radius 3 is 2.60 bits per heavy atom. The Labute approximate surface area is 309 Å². The first-order valence-electron chi connectivity index (χ1n) is 17.7. The first-order valence-corrected chi connectivity index (χ1v) is 18.6. The molecule has 7 rings (SSSR count). The van der Waals surface area contributed by atoms with E-state index >= 15 is 0 Å². The molecule has 3 amide bonds. The number of thiazole rings is 1.